The molecule has 0 spiro atoms. The van der Waals surface area contributed by atoms with Crippen LogP contribution in [0.5, 0.6) is 5.75 Å². The number of hydrogen-bond donors (Lipinski definition) is 1. The second kappa shape index (κ2) is 5.64. The van der Waals surface area contributed by atoms with Gasteiger partial charge in [0, 0.05) is 38.1 Å². The molecule has 1 atom stereocenters. The maximum atomic E-state index is 6.30. The molecule has 0 saturated carbocycles. The third-order valence-corrected chi connectivity index (χ3v) is 3.82. The minimum Gasteiger partial charge on any atom is -0.497 e. The summed E-state index contributed by atoms with van der Waals surface area (Å²) in [6.07, 6.45) is 3.90. The highest BCUT2D eigenvalue weighted by molar-refractivity contribution is 5.29. The first-order valence-corrected chi connectivity index (χ1v) is 6.88. The van der Waals surface area contributed by atoms with Crippen molar-refractivity contribution < 1.29 is 4.74 Å². The monoisotopic (exact) mass is 272 g/mol. The van der Waals surface area contributed by atoms with E-state index in [1.54, 1.807) is 7.11 Å². The minimum atomic E-state index is 0.0161. The van der Waals surface area contributed by atoms with E-state index in [2.05, 4.69) is 14.5 Å². The third-order valence-electron chi connectivity index (χ3n) is 3.82. The molecule has 0 bridgehead atoms. The van der Waals surface area contributed by atoms with E-state index < -0.39 is 0 Å². The first-order chi connectivity index (χ1) is 9.76. The number of nitrogens with zero attached hydrogens (tertiary/aromatic N) is 3. The Morgan fingerprint density at radius 2 is 2.10 bits per heavy atom. The van der Waals surface area contributed by atoms with Gasteiger partial charge in [0.25, 0.3) is 0 Å². The van der Waals surface area contributed by atoms with Gasteiger partial charge in [0.05, 0.1) is 13.7 Å². The van der Waals surface area contributed by atoms with Gasteiger partial charge in [-0.2, -0.15) is 0 Å². The van der Waals surface area contributed by atoms with E-state index in [1.165, 1.54) is 0 Å². The molecule has 2 heterocycles. The van der Waals surface area contributed by atoms with Crippen LogP contribution in [-0.2, 0) is 13.1 Å². The molecule has 1 aliphatic rings. The van der Waals surface area contributed by atoms with Crippen LogP contribution in [-0.4, -0.2) is 34.7 Å². The molecule has 0 aliphatic carbocycles. The molecule has 2 aromatic rings. The lowest BCUT2D eigenvalue weighted by atomic mass is 10.1. The van der Waals surface area contributed by atoms with Crippen LogP contribution in [0.25, 0.3) is 0 Å². The van der Waals surface area contributed by atoms with E-state index in [9.17, 15) is 0 Å². The molecule has 1 unspecified atom stereocenters. The summed E-state index contributed by atoms with van der Waals surface area (Å²) in [5.74, 6) is 1.99. The smallest absolute Gasteiger partial charge is 0.122 e. The molecule has 106 valence electrons. The van der Waals surface area contributed by atoms with E-state index >= 15 is 0 Å². The zero-order chi connectivity index (χ0) is 13.9. The molecule has 0 amide bonds. The average molecular weight is 272 g/mol. The quantitative estimate of drug-likeness (QED) is 0.914. The van der Waals surface area contributed by atoms with Gasteiger partial charge >= 0.3 is 0 Å². The fraction of sp³-hybridized carbons (Fsp3) is 0.400. The number of nitrogens with two attached hydrogens (primary N) is 1. The van der Waals surface area contributed by atoms with Crippen molar-refractivity contribution in [2.24, 2.45) is 5.73 Å². The van der Waals surface area contributed by atoms with E-state index in [-0.39, 0.29) is 6.04 Å². The van der Waals surface area contributed by atoms with Gasteiger partial charge in [0.15, 0.2) is 0 Å². The molecule has 1 aromatic heterocycles. The lowest BCUT2D eigenvalue weighted by Gasteiger charge is -2.29. The summed E-state index contributed by atoms with van der Waals surface area (Å²) in [6.45, 7) is 3.73. The number of ether oxygens (including phenoxy) is 1. The predicted octanol–water partition coefficient (Wildman–Crippen LogP) is 1.41. The zero-order valence-corrected chi connectivity index (χ0v) is 11.7. The average Bonchev–Trinajstić information content (AvgIpc) is 2.95. The van der Waals surface area contributed by atoms with Gasteiger partial charge in [0.2, 0.25) is 0 Å². The molecule has 0 fully saturated rings. The highest BCUT2D eigenvalue weighted by Gasteiger charge is 2.19. The Labute approximate surface area is 119 Å². The zero-order valence-electron chi connectivity index (χ0n) is 11.7. The first kappa shape index (κ1) is 13.1. The van der Waals surface area contributed by atoms with Crippen LogP contribution in [0.15, 0.2) is 36.7 Å². The lowest BCUT2D eigenvalue weighted by Crippen LogP contribution is -2.38. The van der Waals surface area contributed by atoms with Crippen molar-refractivity contribution in [2.45, 2.75) is 19.1 Å². The fourth-order valence-electron chi connectivity index (χ4n) is 2.61. The molecule has 0 saturated heterocycles. The molecular weight excluding hydrogens is 252 g/mol. The van der Waals surface area contributed by atoms with Crippen LogP contribution < -0.4 is 10.5 Å². The second-order valence-electron chi connectivity index (χ2n) is 5.15. The summed E-state index contributed by atoms with van der Waals surface area (Å²) in [6, 6.07) is 8.00. The summed E-state index contributed by atoms with van der Waals surface area (Å²) < 4.78 is 7.37. The molecule has 2 N–H and O–H groups in total. The van der Waals surface area contributed by atoms with Crippen LogP contribution in [0.3, 0.4) is 0 Å². The normalized spacial score (nSPS) is 16.7. The molecule has 20 heavy (non-hydrogen) atoms. The predicted molar refractivity (Wildman–Crippen MR) is 77.4 cm³/mol. The summed E-state index contributed by atoms with van der Waals surface area (Å²) >= 11 is 0. The summed E-state index contributed by atoms with van der Waals surface area (Å²) in [5, 5.41) is 0. The molecule has 5 heteroatoms. The lowest BCUT2D eigenvalue weighted by molar-refractivity contribution is 0.205. The van der Waals surface area contributed by atoms with Gasteiger partial charge in [-0.3, -0.25) is 4.90 Å². The number of aromatic nitrogens is 2. The Morgan fingerprint density at radius 1 is 1.30 bits per heavy atom. The van der Waals surface area contributed by atoms with Crippen LogP contribution in [0.2, 0.25) is 0 Å². The fourth-order valence-corrected chi connectivity index (χ4v) is 2.61. The number of rotatable bonds is 4. The van der Waals surface area contributed by atoms with Crippen molar-refractivity contribution in [1.82, 2.24) is 14.5 Å². The Kier molecular flexibility index (Phi) is 3.71. The molecule has 1 aliphatic heterocycles. The van der Waals surface area contributed by atoms with Crippen molar-refractivity contribution in [3.8, 4) is 5.75 Å². The van der Waals surface area contributed by atoms with Gasteiger partial charge in [-0.15, -0.1) is 0 Å². The maximum absolute atomic E-state index is 6.30. The third kappa shape index (κ3) is 2.69. The van der Waals surface area contributed by atoms with Crippen molar-refractivity contribution in [3.63, 3.8) is 0 Å². The van der Waals surface area contributed by atoms with Crippen molar-refractivity contribution in [2.75, 3.05) is 20.2 Å². The van der Waals surface area contributed by atoms with Gasteiger partial charge in [0.1, 0.15) is 11.6 Å². The Morgan fingerprint density at radius 3 is 2.85 bits per heavy atom. The van der Waals surface area contributed by atoms with Crippen molar-refractivity contribution in [1.29, 1.82) is 0 Å². The van der Waals surface area contributed by atoms with Crippen molar-refractivity contribution >= 4 is 0 Å². The number of hydrogen-bond acceptors (Lipinski definition) is 4. The molecule has 1 aromatic carbocycles. The van der Waals surface area contributed by atoms with E-state index in [0.717, 1.165) is 43.3 Å². The standard InChI is InChI=1S/C15H20N4O/c1-20-13-4-2-12(3-5-13)14(16)10-18-8-9-19-7-6-17-15(19)11-18/h2-7,14H,8-11,16H2,1H3. The summed E-state index contributed by atoms with van der Waals surface area (Å²) in [4.78, 5) is 6.73. The number of imidazole rings is 1. The van der Waals surface area contributed by atoms with Crippen LogP contribution in [0.1, 0.15) is 17.4 Å². The topological polar surface area (TPSA) is 56.3 Å². The molecular formula is C15H20N4O. The number of benzene rings is 1. The summed E-state index contributed by atoms with van der Waals surface area (Å²) in [5.41, 5.74) is 7.44. The van der Waals surface area contributed by atoms with Gasteiger partial charge < -0.3 is 15.0 Å². The van der Waals surface area contributed by atoms with Gasteiger partial charge in [-0.05, 0) is 17.7 Å². The number of fused-ring (bicyclic) bond motifs is 1. The van der Waals surface area contributed by atoms with Crippen LogP contribution >= 0.6 is 0 Å². The van der Waals surface area contributed by atoms with Crippen LogP contribution in [0, 0.1) is 0 Å². The maximum Gasteiger partial charge on any atom is 0.122 e. The first-order valence-electron chi connectivity index (χ1n) is 6.88. The second-order valence-corrected chi connectivity index (χ2v) is 5.15. The van der Waals surface area contributed by atoms with Crippen LogP contribution in [0.4, 0.5) is 0 Å². The number of methoxy groups -OCH3 is 1. The summed E-state index contributed by atoms with van der Waals surface area (Å²) in [7, 11) is 1.67. The Bertz CT molecular complexity index is 564. The van der Waals surface area contributed by atoms with E-state index in [0.29, 0.717) is 0 Å². The van der Waals surface area contributed by atoms with E-state index in [1.807, 2.05) is 36.7 Å². The molecule has 0 radical (unpaired) electrons. The van der Waals surface area contributed by atoms with Gasteiger partial charge in [-0.25, -0.2) is 4.98 Å². The Hall–Kier alpha value is -1.85. The largest absolute Gasteiger partial charge is 0.497 e. The highest BCUT2D eigenvalue weighted by Crippen LogP contribution is 2.19. The Balaban J connectivity index is 1.63. The van der Waals surface area contributed by atoms with Crippen molar-refractivity contribution in [3.05, 3.63) is 48.0 Å². The van der Waals surface area contributed by atoms with Gasteiger partial charge in [-0.1, -0.05) is 12.1 Å². The SMILES string of the molecule is COc1ccc(C(N)CN2CCn3ccnc3C2)cc1. The minimum absolute atomic E-state index is 0.0161. The van der Waals surface area contributed by atoms with E-state index in [4.69, 9.17) is 10.5 Å². The molecule has 5 nitrogen and oxygen atoms in total. The highest BCUT2D eigenvalue weighted by atomic mass is 16.5. The molecule has 3 rings (SSSR count).